The highest BCUT2D eigenvalue weighted by Crippen LogP contribution is 2.15. The molecule has 0 spiro atoms. The Morgan fingerprint density at radius 1 is 1.33 bits per heavy atom. The van der Waals surface area contributed by atoms with Gasteiger partial charge in [0.2, 0.25) is 0 Å². The molecule has 0 fully saturated rings. The number of amides is 1. The van der Waals surface area contributed by atoms with Crippen molar-refractivity contribution in [3.05, 3.63) is 35.4 Å². The summed E-state index contributed by atoms with van der Waals surface area (Å²) < 4.78 is 36.1. The molecule has 24 heavy (non-hydrogen) atoms. The van der Waals surface area contributed by atoms with Gasteiger partial charge < -0.3 is 10.4 Å². The van der Waals surface area contributed by atoms with Gasteiger partial charge in [0.1, 0.15) is 5.60 Å². The molecule has 1 atom stereocenters. The van der Waals surface area contributed by atoms with Crippen LogP contribution in [0.2, 0.25) is 0 Å². The Morgan fingerprint density at radius 2 is 2.00 bits per heavy atom. The average Bonchev–Trinajstić information content (AvgIpc) is 2.49. The summed E-state index contributed by atoms with van der Waals surface area (Å²) in [4.78, 5) is 10.7. The van der Waals surface area contributed by atoms with E-state index in [-0.39, 0.29) is 12.5 Å². The normalized spacial score (nSPS) is 13.8. The molecule has 1 unspecified atom stereocenters. The van der Waals surface area contributed by atoms with E-state index in [4.69, 9.17) is 0 Å². The van der Waals surface area contributed by atoms with Crippen molar-refractivity contribution in [2.24, 2.45) is 5.92 Å². The lowest BCUT2D eigenvalue weighted by molar-refractivity contribution is -0.173. The highest BCUT2D eigenvalue weighted by atomic mass is 19.4. The van der Waals surface area contributed by atoms with Crippen LogP contribution >= 0.6 is 0 Å². The molecule has 0 aliphatic heterocycles. The van der Waals surface area contributed by atoms with Gasteiger partial charge in [0.15, 0.2) is 0 Å². The number of halogens is 3. The summed E-state index contributed by atoms with van der Waals surface area (Å²) in [5.41, 5.74) is 0.553. The van der Waals surface area contributed by atoms with E-state index in [0.717, 1.165) is 11.1 Å². The van der Waals surface area contributed by atoms with Gasteiger partial charge in [-0.25, -0.2) is 0 Å². The maximum Gasteiger partial charge on any atom is 0.471 e. The number of nitrogens with one attached hydrogen (secondary N) is 1. The Bertz CT molecular complexity index is 625. The molecule has 0 saturated heterocycles. The Kier molecular flexibility index (Phi) is 6.85. The molecule has 0 aliphatic rings. The van der Waals surface area contributed by atoms with Gasteiger partial charge in [-0.2, -0.15) is 13.2 Å². The zero-order valence-corrected chi connectivity index (χ0v) is 14.0. The van der Waals surface area contributed by atoms with Gasteiger partial charge >= 0.3 is 12.1 Å². The second-order valence-electron chi connectivity index (χ2n) is 6.11. The van der Waals surface area contributed by atoms with Crippen molar-refractivity contribution in [1.29, 1.82) is 0 Å². The van der Waals surface area contributed by atoms with Gasteiger partial charge in [-0.05, 0) is 43.4 Å². The summed E-state index contributed by atoms with van der Waals surface area (Å²) in [7, 11) is 0. The van der Waals surface area contributed by atoms with Gasteiger partial charge in [0.25, 0.3) is 0 Å². The molecule has 0 aliphatic carbocycles. The van der Waals surface area contributed by atoms with Crippen molar-refractivity contribution in [1.82, 2.24) is 5.32 Å². The summed E-state index contributed by atoms with van der Waals surface area (Å²) in [5, 5.41) is 11.9. The zero-order valence-electron chi connectivity index (χ0n) is 14.0. The molecule has 0 bridgehead atoms. The maximum absolute atomic E-state index is 12.0. The van der Waals surface area contributed by atoms with Crippen LogP contribution in [0.1, 0.15) is 38.3 Å². The van der Waals surface area contributed by atoms with Crippen LogP contribution < -0.4 is 5.32 Å². The Hall–Kier alpha value is -2.00. The van der Waals surface area contributed by atoms with E-state index in [1.54, 1.807) is 19.1 Å². The summed E-state index contributed by atoms with van der Waals surface area (Å²) in [6, 6.07) is 7.28. The monoisotopic (exact) mass is 341 g/mol. The fourth-order valence-electron chi connectivity index (χ4n) is 1.74. The van der Waals surface area contributed by atoms with Crippen molar-refractivity contribution in [2.45, 2.75) is 45.4 Å². The topological polar surface area (TPSA) is 49.3 Å². The first-order chi connectivity index (χ1) is 11.0. The first-order valence-electron chi connectivity index (χ1n) is 7.72. The number of hydrogen-bond donors (Lipinski definition) is 2. The van der Waals surface area contributed by atoms with Crippen LogP contribution in [0.5, 0.6) is 0 Å². The molecule has 1 aromatic rings. The molecule has 6 heteroatoms. The fourth-order valence-corrected chi connectivity index (χ4v) is 1.74. The van der Waals surface area contributed by atoms with E-state index < -0.39 is 17.7 Å². The molecular weight excluding hydrogens is 319 g/mol. The Balaban J connectivity index is 2.58. The van der Waals surface area contributed by atoms with Gasteiger partial charge in [-0.3, -0.25) is 4.79 Å². The molecule has 1 rings (SSSR count). The highest BCUT2D eigenvalue weighted by molar-refractivity contribution is 5.81. The van der Waals surface area contributed by atoms with E-state index >= 15 is 0 Å². The van der Waals surface area contributed by atoms with E-state index in [1.807, 2.05) is 31.3 Å². The van der Waals surface area contributed by atoms with Crippen molar-refractivity contribution in [2.75, 3.05) is 6.54 Å². The van der Waals surface area contributed by atoms with Crippen molar-refractivity contribution < 1.29 is 23.1 Å². The molecule has 1 amide bonds. The second-order valence-corrected chi connectivity index (χ2v) is 6.11. The second kappa shape index (κ2) is 8.20. The molecular formula is C18H22F3NO2. The first-order valence-corrected chi connectivity index (χ1v) is 7.72. The smallest absolute Gasteiger partial charge is 0.378 e. The fraction of sp³-hybridized carbons (Fsp3) is 0.500. The molecule has 2 N–H and O–H groups in total. The predicted octanol–water partition coefficient (Wildman–Crippen LogP) is 3.06. The Labute approximate surface area is 140 Å². The molecule has 3 nitrogen and oxygen atoms in total. The number of carbonyl (C=O) groups excluding carboxylic acids is 1. The minimum Gasteiger partial charge on any atom is -0.378 e. The van der Waals surface area contributed by atoms with Crippen LogP contribution in [0, 0.1) is 17.8 Å². The zero-order chi connectivity index (χ0) is 18.4. The third-order valence-electron chi connectivity index (χ3n) is 3.70. The number of aliphatic hydroxyl groups is 1. The first kappa shape index (κ1) is 20.0. The molecule has 1 aromatic carbocycles. The van der Waals surface area contributed by atoms with E-state index in [2.05, 4.69) is 11.8 Å². The number of alkyl halides is 3. The lowest BCUT2D eigenvalue weighted by Gasteiger charge is -2.20. The van der Waals surface area contributed by atoms with E-state index in [0.29, 0.717) is 12.8 Å². The van der Waals surface area contributed by atoms with Crippen LogP contribution in [0.15, 0.2) is 24.3 Å². The highest BCUT2D eigenvalue weighted by Gasteiger charge is 2.38. The minimum atomic E-state index is -4.84. The number of hydrogen-bond acceptors (Lipinski definition) is 2. The molecule has 132 valence electrons. The third kappa shape index (κ3) is 6.63. The molecule has 0 saturated carbocycles. The number of carbonyl (C=O) groups is 1. The summed E-state index contributed by atoms with van der Waals surface area (Å²) in [5.74, 6) is 3.81. The van der Waals surface area contributed by atoms with Crippen molar-refractivity contribution in [3.8, 4) is 11.8 Å². The van der Waals surface area contributed by atoms with Crippen molar-refractivity contribution in [3.63, 3.8) is 0 Å². The quantitative estimate of drug-likeness (QED) is 0.639. The number of rotatable bonds is 5. The van der Waals surface area contributed by atoms with Gasteiger partial charge in [0, 0.05) is 12.1 Å². The van der Waals surface area contributed by atoms with E-state index in [9.17, 15) is 23.1 Å². The van der Waals surface area contributed by atoms with Crippen LogP contribution in [0.4, 0.5) is 13.2 Å². The van der Waals surface area contributed by atoms with Crippen LogP contribution in [-0.2, 0) is 11.2 Å². The lowest BCUT2D eigenvalue weighted by Crippen LogP contribution is -2.37. The van der Waals surface area contributed by atoms with Crippen LogP contribution in [0.25, 0.3) is 0 Å². The number of benzene rings is 1. The van der Waals surface area contributed by atoms with E-state index in [1.165, 1.54) is 0 Å². The van der Waals surface area contributed by atoms with Gasteiger partial charge in [-0.15, -0.1) is 0 Å². The average molecular weight is 341 g/mol. The predicted molar refractivity (Wildman–Crippen MR) is 86.2 cm³/mol. The minimum absolute atomic E-state index is 0.00886. The van der Waals surface area contributed by atoms with Gasteiger partial charge in [-0.1, -0.05) is 37.8 Å². The van der Waals surface area contributed by atoms with Crippen LogP contribution in [-0.4, -0.2) is 29.3 Å². The SMILES string of the molecule is CC(C)C(C)(O)C#Cc1cccc(CCCNC(=O)C(F)(F)F)c1. The summed E-state index contributed by atoms with van der Waals surface area (Å²) in [6.07, 6.45) is -3.93. The molecule has 0 aromatic heterocycles. The molecule has 0 radical (unpaired) electrons. The van der Waals surface area contributed by atoms with Gasteiger partial charge in [0.05, 0.1) is 0 Å². The summed E-state index contributed by atoms with van der Waals surface area (Å²) >= 11 is 0. The standard InChI is InChI=1S/C18H22F3NO2/c1-13(2)17(3,24)10-9-15-7-4-6-14(12-15)8-5-11-22-16(23)18(19,20)21/h4,6-7,12-13,24H,5,8,11H2,1-3H3,(H,22,23). The number of aryl methyl sites for hydroxylation is 1. The summed E-state index contributed by atoms with van der Waals surface area (Å²) in [6.45, 7) is 5.36. The lowest BCUT2D eigenvalue weighted by atomic mass is 9.93. The largest absolute Gasteiger partial charge is 0.471 e. The van der Waals surface area contributed by atoms with Crippen molar-refractivity contribution >= 4 is 5.91 Å². The maximum atomic E-state index is 12.0. The molecule has 0 heterocycles. The Morgan fingerprint density at radius 3 is 2.58 bits per heavy atom. The van der Waals surface area contributed by atoms with Crippen LogP contribution in [0.3, 0.4) is 0 Å². The third-order valence-corrected chi connectivity index (χ3v) is 3.70.